The lowest BCUT2D eigenvalue weighted by Crippen LogP contribution is -2.15. The number of carbonyl (C=O) groups is 1. The summed E-state index contributed by atoms with van der Waals surface area (Å²) in [7, 11) is 1.55. The third-order valence-corrected chi connectivity index (χ3v) is 2.23. The maximum atomic E-state index is 13.7. The molecule has 1 aromatic carbocycles. The fourth-order valence-corrected chi connectivity index (χ4v) is 1.37. The number of hydrogen-bond acceptors (Lipinski definition) is 3. The molecule has 4 nitrogen and oxygen atoms in total. The van der Waals surface area contributed by atoms with Crippen molar-refractivity contribution in [3.63, 3.8) is 0 Å². The van der Waals surface area contributed by atoms with Crippen LogP contribution in [0.4, 0.5) is 4.39 Å². The van der Waals surface area contributed by atoms with Gasteiger partial charge in [0.1, 0.15) is 5.82 Å². The van der Waals surface area contributed by atoms with Crippen LogP contribution in [0.3, 0.4) is 0 Å². The van der Waals surface area contributed by atoms with Crippen LogP contribution < -0.4 is 0 Å². The molecule has 0 aromatic heterocycles. The number of ether oxygens (including phenoxy) is 2. The molecule has 1 rings (SSSR count). The molecule has 0 amide bonds. The van der Waals surface area contributed by atoms with Crippen molar-refractivity contribution >= 4 is 5.97 Å². The smallest absolute Gasteiger partial charge is 0.338 e. The van der Waals surface area contributed by atoms with Crippen molar-refractivity contribution in [3.05, 3.63) is 35.1 Å². The van der Waals surface area contributed by atoms with E-state index in [4.69, 9.17) is 14.6 Å². The van der Waals surface area contributed by atoms with Gasteiger partial charge in [-0.05, 0) is 13.0 Å². The minimum atomic E-state index is -1.28. The number of halogens is 1. The Morgan fingerprint density at radius 3 is 2.82 bits per heavy atom. The molecule has 1 unspecified atom stereocenters. The van der Waals surface area contributed by atoms with E-state index >= 15 is 0 Å². The lowest BCUT2D eigenvalue weighted by Gasteiger charge is -2.12. The van der Waals surface area contributed by atoms with E-state index in [0.717, 1.165) is 0 Å². The number of aromatic carboxylic acids is 1. The van der Waals surface area contributed by atoms with E-state index < -0.39 is 11.8 Å². The summed E-state index contributed by atoms with van der Waals surface area (Å²) < 4.78 is 23.9. The Hall–Kier alpha value is -1.46. The second-order valence-electron chi connectivity index (χ2n) is 3.66. The van der Waals surface area contributed by atoms with Crippen molar-refractivity contribution < 1.29 is 23.8 Å². The van der Waals surface area contributed by atoms with Crippen LogP contribution in [-0.4, -0.2) is 30.9 Å². The highest BCUT2D eigenvalue weighted by Gasteiger charge is 2.14. The molecule has 0 aliphatic rings. The molecule has 0 aliphatic heterocycles. The van der Waals surface area contributed by atoms with Gasteiger partial charge >= 0.3 is 5.97 Å². The molecule has 0 spiro atoms. The van der Waals surface area contributed by atoms with Gasteiger partial charge in [0.05, 0.1) is 24.9 Å². The summed E-state index contributed by atoms with van der Waals surface area (Å²) in [6.07, 6.45) is -0.173. The predicted octanol–water partition coefficient (Wildman–Crippen LogP) is 2.08. The van der Waals surface area contributed by atoms with Gasteiger partial charge in [0.25, 0.3) is 0 Å². The second-order valence-corrected chi connectivity index (χ2v) is 3.66. The molecule has 5 heteroatoms. The fraction of sp³-hybridized carbons (Fsp3) is 0.417. The molecule has 0 fully saturated rings. The van der Waals surface area contributed by atoms with Crippen LogP contribution >= 0.6 is 0 Å². The lowest BCUT2D eigenvalue weighted by atomic mass is 10.1. The Bertz CT molecular complexity index is 392. The molecule has 0 saturated carbocycles. The zero-order valence-corrected chi connectivity index (χ0v) is 9.77. The molecule has 1 atom stereocenters. The second kappa shape index (κ2) is 6.32. The number of benzene rings is 1. The molecular weight excluding hydrogens is 227 g/mol. The van der Waals surface area contributed by atoms with Crippen molar-refractivity contribution in [2.45, 2.75) is 19.6 Å². The van der Waals surface area contributed by atoms with Gasteiger partial charge in [-0.2, -0.15) is 0 Å². The first-order valence-electron chi connectivity index (χ1n) is 5.17. The van der Waals surface area contributed by atoms with E-state index in [2.05, 4.69) is 0 Å². The van der Waals surface area contributed by atoms with Crippen molar-refractivity contribution in [2.24, 2.45) is 0 Å². The summed E-state index contributed by atoms with van der Waals surface area (Å²) in [6.45, 7) is 2.22. The first-order chi connectivity index (χ1) is 8.06. The quantitative estimate of drug-likeness (QED) is 0.829. The zero-order valence-electron chi connectivity index (χ0n) is 9.77. The standard InChI is InChI=1S/C12H15FO4/c1-8(6-16-2)17-7-9-4-3-5-10(11(9)13)12(14)15/h3-5,8H,6-7H2,1-2H3,(H,14,15). The normalized spacial score (nSPS) is 12.4. The van der Waals surface area contributed by atoms with E-state index in [9.17, 15) is 9.18 Å². The molecule has 0 saturated heterocycles. The van der Waals surface area contributed by atoms with Crippen molar-refractivity contribution in [1.82, 2.24) is 0 Å². The molecule has 17 heavy (non-hydrogen) atoms. The van der Waals surface area contributed by atoms with Gasteiger partial charge in [0.2, 0.25) is 0 Å². The van der Waals surface area contributed by atoms with E-state index in [1.165, 1.54) is 18.2 Å². The summed E-state index contributed by atoms with van der Waals surface area (Å²) in [6, 6.07) is 4.22. The fourth-order valence-electron chi connectivity index (χ4n) is 1.37. The van der Waals surface area contributed by atoms with Gasteiger partial charge in [-0.25, -0.2) is 9.18 Å². The van der Waals surface area contributed by atoms with Crippen LogP contribution in [0.1, 0.15) is 22.8 Å². The highest BCUT2D eigenvalue weighted by Crippen LogP contribution is 2.14. The molecule has 0 bridgehead atoms. The molecule has 0 heterocycles. The molecule has 0 aliphatic carbocycles. The molecule has 94 valence electrons. The Balaban J connectivity index is 2.72. The number of carboxylic acid groups (broad SMARTS) is 1. The van der Waals surface area contributed by atoms with Crippen LogP contribution in [-0.2, 0) is 16.1 Å². The Morgan fingerprint density at radius 1 is 1.53 bits per heavy atom. The number of methoxy groups -OCH3 is 1. The molecular formula is C12H15FO4. The topological polar surface area (TPSA) is 55.8 Å². The van der Waals surface area contributed by atoms with Gasteiger partial charge in [0, 0.05) is 12.7 Å². The average molecular weight is 242 g/mol. The Morgan fingerprint density at radius 2 is 2.24 bits per heavy atom. The largest absolute Gasteiger partial charge is 0.478 e. The SMILES string of the molecule is COCC(C)OCc1cccc(C(=O)O)c1F. The summed E-state index contributed by atoms with van der Waals surface area (Å²) in [5, 5.41) is 8.75. The summed E-state index contributed by atoms with van der Waals surface area (Å²) in [5.41, 5.74) is -0.113. The number of carboxylic acids is 1. The van der Waals surface area contributed by atoms with E-state index in [0.29, 0.717) is 6.61 Å². The summed E-state index contributed by atoms with van der Waals surface area (Å²) in [4.78, 5) is 10.7. The first-order valence-corrected chi connectivity index (χ1v) is 5.17. The van der Waals surface area contributed by atoms with Crippen molar-refractivity contribution in [2.75, 3.05) is 13.7 Å². The van der Waals surface area contributed by atoms with Gasteiger partial charge in [-0.1, -0.05) is 12.1 Å². The monoisotopic (exact) mass is 242 g/mol. The van der Waals surface area contributed by atoms with E-state index in [1.54, 1.807) is 14.0 Å². The molecule has 1 N–H and O–H groups in total. The van der Waals surface area contributed by atoms with Crippen molar-refractivity contribution in [1.29, 1.82) is 0 Å². The van der Waals surface area contributed by atoms with Gasteiger partial charge in [-0.3, -0.25) is 0 Å². The summed E-state index contributed by atoms with van der Waals surface area (Å²) >= 11 is 0. The van der Waals surface area contributed by atoms with E-state index in [-0.39, 0.29) is 23.8 Å². The van der Waals surface area contributed by atoms with E-state index in [1.807, 2.05) is 0 Å². The maximum absolute atomic E-state index is 13.7. The Labute approximate surface area is 99.0 Å². The number of hydrogen-bond donors (Lipinski definition) is 1. The third-order valence-electron chi connectivity index (χ3n) is 2.23. The van der Waals surface area contributed by atoms with Crippen LogP contribution in [0.2, 0.25) is 0 Å². The lowest BCUT2D eigenvalue weighted by molar-refractivity contribution is -0.00115. The van der Waals surface area contributed by atoms with Gasteiger partial charge in [0.15, 0.2) is 0 Å². The van der Waals surface area contributed by atoms with Crippen molar-refractivity contribution in [3.8, 4) is 0 Å². The van der Waals surface area contributed by atoms with Crippen LogP contribution in [0, 0.1) is 5.82 Å². The highest BCUT2D eigenvalue weighted by atomic mass is 19.1. The van der Waals surface area contributed by atoms with Gasteiger partial charge < -0.3 is 14.6 Å². The van der Waals surface area contributed by atoms with Crippen LogP contribution in [0.25, 0.3) is 0 Å². The minimum Gasteiger partial charge on any atom is -0.478 e. The zero-order chi connectivity index (χ0) is 12.8. The Kier molecular flexibility index (Phi) is 5.06. The minimum absolute atomic E-state index is 0.0253. The predicted molar refractivity (Wildman–Crippen MR) is 59.5 cm³/mol. The third kappa shape index (κ3) is 3.80. The first kappa shape index (κ1) is 13.6. The average Bonchev–Trinajstić information content (AvgIpc) is 2.27. The number of rotatable bonds is 6. The van der Waals surface area contributed by atoms with Gasteiger partial charge in [-0.15, -0.1) is 0 Å². The molecule has 1 aromatic rings. The molecule has 0 radical (unpaired) electrons. The highest BCUT2D eigenvalue weighted by molar-refractivity contribution is 5.88. The van der Waals surface area contributed by atoms with Crippen LogP contribution in [0.5, 0.6) is 0 Å². The van der Waals surface area contributed by atoms with Crippen LogP contribution in [0.15, 0.2) is 18.2 Å². The summed E-state index contributed by atoms with van der Waals surface area (Å²) in [5.74, 6) is -2.03. The maximum Gasteiger partial charge on any atom is 0.338 e.